The quantitative estimate of drug-likeness (QED) is 0.870. The third kappa shape index (κ3) is 2.35. The van der Waals surface area contributed by atoms with Gasteiger partial charge in [-0.15, -0.1) is 0 Å². The predicted octanol–water partition coefficient (Wildman–Crippen LogP) is 0.492. The lowest BCUT2D eigenvalue weighted by molar-refractivity contribution is -0.200. The second kappa shape index (κ2) is 5.35. The van der Waals surface area contributed by atoms with Crippen LogP contribution in [0.15, 0.2) is 11.1 Å². The summed E-state index contributed by atoms with van der Waals surface area (Å²) in [4.78, 5) is 23.3. The van der Waals surface area contributed by atoms with Gasteiger partial charge in [-0.1, -0.05) is 0 Å². The van der Waals surface area contributed by atoms with E-state index in [1.165, 1.54) is 0 Å². The number of nitrogens with zero attached hydrogens (tertiary/aromatic N) is 3. The van der Waals surface area contributed by atoms with Crippen molar-refractivity contribution >= 4 is 11.2 Å². The van der Waals surface area contributed by atoms with Crippen molar-refractivity contribution in [2.75, 3.05) is 13.7 Å². The molecule has 2 aromatic rings. The van der Waals surface area contributed by atoms with E-state index in [0.29, 0.717) is 18.1 Å². The van der Waals surface area contributed by atoms with Gasteiger partial charge in [0.15, 0.2) is 23.2 Å². The number of imidazole rings is 1. The summed E-state index contributed by atoms with van der Waals surface area (Å²) in [5, 5.41) is 0. The predicted molar refractivity (Wildman–Crippen MR) is 82.5 cm³/mol. The molecule has 0 radical (unpaired) electrons. The second-order valence-corrected chi connectivity index (χ2v) is 6.56. The van der Waals surface area contributed by atoms with Crippen LogP contribution in [0.25, 0.3) is 11.2 Å². The molecular weight excluding hydrogens is 316 g/mol. The average Bonchev–Trinajstić information content (AvgIpc) is 3.12. The highest BCUT2D eigenvalue weighted by Gasteiger charge is 2.56. The first-order valence-electron chi connectivity index (χ1n) is 7.83. The summed E-state index contributed by atoms with van der Waals surface area (Å²) < 4.78 is 25.1. The maximum atomic E-state index is 12.0. The molecule has 1 N–H and O–H groups in total. The number of hydrogen-bond donors (Lipinski definition) is 1. The van der Waals surface area contributed by atoms with Crippen molar-refractivity contribution in [3.8, 4) is 0 Å². The molecule has 4 atom stereocenters. The summed E-state index contributed by atoms with van der Waals surface area (Å²) in [6.45, 7) is 5.84. The van der Waals surface area contributed by atoms with Crippen molar-refractivity contribution in [1.82, 2.24) is 19.5 Å². The molecule has 4 rings (SSSR count). The fourth-order valence-electron chi connectivity index (χ4n) is 3.40. The van der Waals surface area contributed by atoms with Gasteiger partial charge in [0.1, 0.15) is 24.1 Å². The van der Waals surface area contributed by atoms with Crippen molar-refractivity contribution in [1.29, 1.82) is 0 Å². The zero-order valence-electron chi connectivity index (χ0n) is 14.0. The Labute approximate surface area is 137 Å². The van der Waals surface area contributed by atoms with Crippen LogP contribution in [0, 0.1) is 6.92 Å². The maximum Gasteiger partial charge on any atom is 0.279 e. The first kappa shape index (κ1) is 15.7. The SMILES string of the molecule is COCC1OC(n2cnc3c(=O)[nH]c(C)nc32)C2OC(C)(C)OC12. The number of fused-ring (bicyclic) bond motifs is 2. The Morgan fingerprint density at radius 2 is 2.12 bits per heavy atom. The number of ether oxygens (including phenoxy) is 4. The van der Waals surface area contributed by atoms with Crippen molar-refractivity contribution in [3.05, 3.63) is 22.5 Å². The van der Waals surface area contributed by atoms with E-state index in [9.17, 15) is 4.79 Å². The Morgan fingerprint density at radius 3 is 2.88 bits per heavy atom. The minimum Gasteiger partial charge on any atom is -0.382 e. The number of aromatic nitrogens is 4. The zero-order chi connectivity index (χ0) is 17.1. The third-order valence-corrected chi connectivity index (χ3v) is 4.28. The highest BCUT2D eigenvalue weighted by atomic mass is 16.8. The summed E-state index contributed by atoms with van der Waals surface area (Å²) >= 11 is 0. The minimum absolute atomic E-state index is 0.259. The Balaban J connectivity index is 1.77. The van der Waals surface area contributed by atoms with Gasteiger partial charge in [-0.2, -0.15) is 0 Å². The smallest absolute Gasteiger partial charge is 0.279 e. The molecule has 2 aliphatic heterocycles. The van der Waals surface area contributed by atoms with Gasteiger partial charge in [-0.25, -0.2) is 9.97 Å². The van der Waals surface area contributed by atoms with E-state index in [1.54, 1.807) is 24.9 Å². The van der Waals surface area contributed by atoms with Crippen LogP contribution in [0.4, 0.5) is 0 Å². The number of nitrogens with one attached hydrogen (secondary N) is 1. The van der Waals surface area contributed by atoms with Gasteiger partial charge >= 0.3 is 0 Å². The Bertz CT molecular complexity index is 829. The van der Waals surface area contributed by atoms with Gasteiger partial charge in [-0.05, 0) is 20.8 Å². The van der Waals surface area contributed by atoms with Gasteiger partial charge in [0.05, 0.1) is 12.9 Å². The molecule has 130 valence electrons. The van der Waals surface area contributed by atoms with E-state index in [1.807, 2.05) is 13.8 Å². The third-order valence-electron chi connectivity index (χ3n) is 4.28. The highest BCUT2D eigenvalue weighted by Crippen LogP contribution is 2.43. The van der Waals surface area contributed by atoms with E-state index >= 15 is 0 Å². The molecule has 2 fully saturated rings. The van der Waals surface area contributed by atoms with Crippen LogP contribution in [0.3, 0.4) is 0 Å². The summed E-state index contributed by atoms with van der Waals surface area (Å²) in [5.41, 5.74) is 0.462. The molecule has 24 heavy (non-hydrogen) atoms. The fourth-order valence-corrected chi connectivity index (χ4v) is 3.40. The van der Waals surface area contributed by atoms with Gasteiger partial charge < -0.3 is 23.9 Å². The standard InChI is InChI=1S/C15H20N4O5/c1-7-17-12-9(13(20)18-7)16-6-19(12)14-11-10(8(22-14)5-21-4)23-15(2,3)24-11/h6,8,10-11,14H,5H2,1-4H3,(H,17,18,20). The molecule has 9 heteroatoms. The molecule has 2 aromatic heterocycles. The molecule has 2 aliphatic rings. The molecule has 9 nitrogen and oxygen atoms in total. The van der Waals surface area contributed by atoms with Crippen molar-refractivity contribution < 1.29 is 18.9 Å². The molecule has 0 aliphatic carbocycles. The van der Waals surface area contributed by atoms with Gasteiger partial charge in [0.2, 0.25) is 0 Å². The van der Waals surface area contributed by atoms with E-state index in [-0.39, 0.29) is 29.4 Å². The molecule has 0 aromatic carbocycles. The Morgan fingerprint density at radius 1 is 1.38 bits per heavy atom. The topological polar surface area (TPSA) is 100 Å². The first-order chi connectivity index (χ1) is 11.4. The summed E-state index contributed by atoms with van der Waals surface area (Å²) in [6, 6.07) is 0. The molecule has 4 unspecified atom stereocenters. The van der Waals surface area contributed by atoms with Gasteiger partial charge in [0.25, 0.3) is 5.56 Å². The fraction of sp³-hybridized carbons (Fsp3) is 0.667. The van der Waals surface area contributed by atoms with Crippen LogP contribution in [0.5, 0.6) is 0 Å². The lowest BCUT2D eigenvalue weighted by Crippen LogP contribution is -2.32. The molecule has 0 spiro atoms. The number of aryl methyl sites for hydroxylation is 1. The monoisotopic (exact) mass is 336 g/mol. The molecule has 0 amide bonds. The number of hydrogen-bond acceptors (Lipinski definition) is 7. The molecule has 0 saturated carbocycles. The van der Waals surface area contributed by atoms with Crippen molar-refractivity contribution in [2.24, 2.45) is 0 Å². The molecule has 4 heterocycles. The lowest BCUT2D eigenvalue weighted by atomic mass is 10.1. The van der Waals surface area contributed by atoms with Crippen LogP contribution in [0.1, 0.15) is 25.9 Å². The maximum absolute atomic E-state index is 12.0. The normalized spacial score (nSPS) is 31.7. The minimum atomic E-state index is -0.708. The average molecular weight is 336 g/mol. The van der Waals surface area contributed by atoms with E-state index in [2.05, 4.69) is 15.0 Å². The zero-order valence-corrected chi connectivity index (χ0v) is 14.0. The lowest BCUT2D eigenvalue weighted by Gasteiger charge is -2.24. The van der Waals surface area contributed by atoms with Crippen molar-refractivity contribution in [3.63, 3.8) is 0 Å². The van der Waals surface area contributed by atoms with E-state index in [4.69, 9.17) is 18.9 Å². The van der Waals surface area contributed by atoms with Crippen LogP contribution >= 0.6 is 0 Å². The number of H-pyrrole nitrogens is 1. The summed E-state index contributed by atoms with van der Waals surface area (Å²) in [7, 11) is 1.61. The van der Waals surface area contributed by atoms with Gasteiger partial charge in [0, 0.05) is 7.11 Å². The molecular formula is C15H20N4O5. The van der Waals surface area contributed by atoms with E-state index in [0.717, 1.165) is 0 Å². The number of aromatic amines is 1. The number of methoxy groups -OCH3 is 1. The van der Waals surface area contributed by atoms with Crippen LogP contribution in [-0.2, 0) is 18.9 Å². The Hall–Kier alpha value is -1.81. The molecule has 2 saturated heterocycles. The second-order valence-electron chi connectivity index (χ2n) is 6.56. The van der Waals surface area contributed by atoms with Crippen LogP contribution in [0.2, 0.25) is 0 Å². The van der Waals surface area contributed by atoms with Crippen LogP contribution in [-0.4, -0.2) is 57.3 Å². The van der Waals surface area contributed by atoms with E-state index < -0.39 is 12.0 Å². The Kier molecular flexibility index (Phi) is 3.50. The molecule has 0 bridgehead atoms. The van der Waals surface area contributed by atoms with Crippen molar-refractivity contribution in [2.45, 2.75) is 51.1 Å². The van der Waals surface area contributed by atoms with Gasteiger partial charge in [-0.3, -0.25) is 9.36 Å². The first-order valence-corrected chi connectivity index (χ1v) is 7.83. The largest absolute Gasteiger partial charge is 0.382 e. The summed E-state index contributed by atoms with van der Waals surface area (Å²) in [5.74, 6) is -0.193. The summed E-state index contributed by atoms with van der Waals surface area (Å²) in [6.07, 6.45) is 0.199. The highest BCUT2D eigenvalue weighted by molar-refractivity contribution is 5.69. The van der Waals surface area contributed by atoms with Crippen LogP contribution < -0.4 is 5.56 Å². The number of rotatable bonds is 3.